The molecule has 0 fully saturated rings. The normalized spacial score (nSPS) is 10.7. The van der Waals surface area contributed by atoms with Crippen molar-refractivity contribution in [3.63, 3.8) is 0 Å². The van der Waals surface area contributed by atoms with Crippen LogP contribution in [0.15, 0.2) is 139 Å². The molecule has 19 nitrogen and oxygen atoms in total. The van der Waals surface area contributed by atoms with Gasteiger partial charge in [0, 0.05) is 88.2 Å². The minimum atomic E-state index is -6.09. The summed E-state index contributed by atoms with van der Waals surface area (Å²) in [5, 5.41) is 33.6. The molecule has 8 aromatic heterocycles. The third-order valence-electron chi connectivity index (χ3n) is 8.95. The summed E-state index contributed by atoms with van der Waals surface area (Å²) >= 11 is 3.20. The molecule has 0 spiro atoms. The van der Waals surface area contributed by atoms with Gasteiger partial charge in [0.15, 0.2) is 21.5 Å². The minimum absolute atomic E-state index is 0. The Kier molecular flexibility index (Phi) is 38.0. The Morgan fingerprint density at radius 1 is 0.479 bits per heavy atom. The number of aliphatic hydroxyl groups excluding tert-OH is 2. The second-order valence-corrected chi connectivity index (χ2v) is 19.0. The molecule has 2 radical (unpaired) electrons. The number of hydrogen-bond acceptors (Lipinski definition) is 15. The van der Waals surface area contributed by atoms with Crippen molar-refractivity contribution in [1.82, 2.24) is 39.9 Å². The van der Waals surface area contributed by atoms with Crippen LogP contribution >= 0.6 is 15.9 Å². The largest absolute Gasteiger partial charge is 0.741 e. The molecule has 0 unspecified atom stereocenters. The van der Waals surface area contributed by atoms with Crippen LogP contribution in [0, 0.1) is 38.4 Å². The van der Waals surface area contributed by atoms with E-state index in [9.17, 15) is 65.9 Å². The predicted molar refractivity (Wildman–Crippen MR) is 302 cm³/mol. The fraction of sp³-hybridized carbons (Fsp3) is 0.200. The van der Waals surface area contributed by atoms with E-state index in [2.05, 4.69) is 87.3 Å². The molecule has 8 rings (SSSR count). The van der Waals surface area contributed by atoms with Crippen molar-refractivity contribution >= 4 is 61.9 Å². The molecule has 0 saturated heterocycles. The molecule has 0 aliphatic carbocycles. The number of aliphatic hydroxyl groups is 2. The fourth-order valence-electron chi connectivity index (χ4n) is 5.33. The van der Waals surface area contributed by atoms with Gasteiger partial charge in [-0.15, -0.1) is 32.1 Å². The van der Waals surface area contributed by atoms with Crippen LogP contribution in [-0.2, 0) is 75.0 Å². The predicted octanol–water partition coefficient (Wildman–Crippen LogP) is 13.7. The van der Waals surface area contributed by atoms with Gasteiger partial charge in [-0.25, -0.2) is 13.4 Å². The molecule has 0 aliphatic heterocycles. The van der Waals surface area contributed by atoms with Gasteiger partial charge in [-0.3, -0.25) is 4.98 Å². The van der Waals surface area contributed by atoms with E-state index in [0.717, 1.165) is 28.9 Å². The quantitative estimate of drug-likeness (QED) is 0.0319. The summed E-state index contributed by atoms with van der Waals surface area (Å²) in [5.41, 5.74) is -8.80. The molecule has 8 aromatic rings. The smallest absolute Gasteiger partial charge is 0.485 e. The van der Waals surface area contributed by atoms with Crippen LogP contribution in [0.5, 0.6) is 0 Å². The Labute approximate surface area is 561 Å². The monoisotopic (exact) mass is 1770 g/mol. The van der Waals surface area contributed by atoms with E-state index in [-0.39, 0.29) is 86.5 Å². The van der Waals surface area contributed by atoms with Crippen LogP contribution in [0.4, 0.5) is 89.1 Å². The molecule has 39 heteroatoms. The van der Waals surface area contributed by atoms with E-state index in [4.69, 9.17) is 59.5 Å². The fourth-order valence-corrected chi connectivity index (χ4v) is 5.60. The van der Waals surface area contributed by atoms with Crippen molar-refractivity contribution in [2.75, 3.05) is 0 Å². The summed E-state index contributed by atoms with van der Waals surface area (Å²) in [4.78, 5) is 40.4. The second-order valence-electron chi connectivity index (χ2n) is 16.8. The van der Waals surface area contributed by atoms with E-state index in [1.807, 2.05) is 18.2 Å². The van der Waals surface area contributed by atoms with Gasteiger partial charge in [0.1, 0.15) is 4.60 Å². The first-order chi connectivity index (χ1) is 42.5. The van der Waals surface area contributed by atoms with Crippen molar-refractivity contribution in [2.45, 2.75) is 70.1 Å². The molecule has 0 atom stereocenters. The Balaban J connectivity index is 0. The summed E-state index contributed by atoms with van der Waals surface area (Å²) in [7, 11) is -8.10. The summed E-state index contributed by atoms with van der Waals surface area (Å²) in [6.07, 6.45) is -12.5. The van der Waals surface area contributed by atoms with Crippen LogP contribution in [0.2, 0.25) is 0 Å². The molecule has 4 N–H and O–H groups in total. The zero-order chi connectivity index (χ0) is 70.4. The maximum Gasteiger partial charge on any atom is 0.485 e. The summed E-state index contributed by atoms with van der Waals surface area (Å²) in [5.74, 6) is -1.68. The first kappa shape index (κ1) is 87.8. The SMILES string of the molecule is Brc1ccccn1.CC(C)O.CC(C)O.O=S(=O)([O-])C(F)(F)F.[C-]#[N+]c1nc(C(F)(F)F)c[c-]c1-c1ccccn1.[C-]#[N+]c1nc(C(F)(F)F)c[c-]c1-c1ccccn1.[C-]#[N+]c1nc(C(F)(F)F)ccc1-c1ccccn1.[C-]#[N+]c1nc(C(F)(F)F)ccc1B(O)O.[Ir].[Ir]. The van der Waals surface area contributed by atoms with Crippen molar-refractivity contribution in [1.29, 1.82) is 0 Å². The molecule has 8 heterocycles. The number of halogens is 16. The van der Waals surface area contributed by atoms with Crippen LogP contribution in [-0.4, -0.2) is 97.9 Å². The van der Waals surface area contributed by atoms with Crippen molar-refractivity contribution in [3.05, 3.63) is 219 Å². The third kappa shape index (κ3) is 32.5. The third-order valence-corrected chi connectivity index (χ3v) is 9.98. The topological polar surface area (TPSA) is 259 Å². The summed E-state index contributed by atoms with van der Waals surface area (Å²) in [6, 6.07) is 30.2. The zero-order valence-corrected chi connectivity index (χ0v) is 54.6. The van der Waals surface area contributed by atoms with Gasteiger partial charge in [0.25, 0.3) is 11.6 Å². The standard InChI is InChI=1S/C12H6F3N3.2C12H5F3N3.C7H4BF3N2O2.C5H4BrN.2C3H8O.CHF3O3S.2Ir/c3*1-16-11-8(9-4-2-3-7-17-9)5-6-10(18-11)12(13,14)15;1-12-6-4(8(14)15)2-3-5(13-6)7(9,10)11;6-5-3-1-2-4-7-5;2*1-3(2)4;2-1(3,4)8(5,6)7;;/h2-7H;2*2-4,6-7H;2-3,14-15H;1-4H;2*3-4H,1-2H3;(H,5,6,7);;/q;2*-1;;;;;;;/p-1. The van der Waals surface area contributed by atoms with Gasteiger partial charge >= 0.3 is 49.0 Å². The Bertz CT molecular complexity index is 3620. The average molecular weight is 1770 g/mol. The Hall–Kier alpha value is -8.30. The second kappa shape index (κ2) is 40.7. The van der Waals surface area contributed by atoms with Crippen molar-refractivity contribution < 1.29 is 139 Å². The van der Waals surface area contributed by atoms with Crippen molar-refractivity contribution in [3.8, 4) is 33.8 Å². The van der Waals surface area contributed by atoms with Crippen LogP contribution < -0.4 is 5.46 Å². The Morgan fingerprint density at radius 3 is 1.03 bits per heavy atom. The van der Waals surface area contributed by atoms with Gasteiger partial charge in [-0.05, 0) is 115 Å². The first-order valence-electron chi connectivity index (χ1n) is 24.2. The van der Waals surface area contributed by atoms with Gasteiger partial charge < -0.3 is 54.2 Å². The molecular weight excluding hydrogens is 1730 g/mol. The van der Waals surface area contributed by atoms with E-state index in [1.165, 1.54) is 24.7 Å². The molecule has 0 amide bonds. The van der Waals surface area contributed by atoms with Crippen molar-refractivity contribution in [2.24, 2.45) is 0 Å². The van der Waals surface area contributed by atoms with Gasteiger partial charge in [-0.1, -0.05) is 87.0 Å². The summed E-state index contributed by atoms with van der Waals surface area (Å²) in [6.45, 7) is 34.1. The minimum Gasteiger partial charge on any atom is -0.741 e. The zero-order valence-electron chi connectivity index (χ0n) is 47.4. The van der Waals surface area contributed by atoms with Crippen LogP contribution in [0.25, 0.3) is 53.2 Å². The van der Waals surface area contributed by atoms with Gasteiger partial charge in [-0.2, -0.15) is 65.9 Å². The molecule has 0 aliphatic rings. The maximum atomic E-state index is 12.5. The van der Waals surface area contributed by atoms with E-state index in [1.54, 1.807) is 88.5 Å². The average Bonchev–Trinajstić information content (AvgIpc) is 0.838. The molecule has 0 bridgehead atoms. The van der Waals surface area contributed by atoms with E-state index in [0.29, 0.717) is 28.7 Å². The maximum absolute atomic E-state index is 12.5. The van der Waals surface area contributed by atoms with E-state index >= 15 is 0 Å². The van der Waals surface area contributed by atoms with Crippen LogP contribution in [0.1, 0.15) is 50.5 Å². The number of alkyl halides is 15. The molecule has 0 saturated carbocycles. The number of aromatic nitrogens is 8. The summed E-state index contributed by atoms with van der Waals surface area (Å²) < 4.78 is 208. The van der Waals surface area contributed by atoms with Gasteiger partial charge in [0.05, 0.1) is 5.69 Å². The molecule has 94 heavy (non-hydrogen) atoms. The first-order valence-corrected chi connectivity index (χ1v) is 26.4. The molecule has 0 aromatic carbocycles. The Morgan fingerprint density at radius 2 is 0.777 bits per heavy atom. The molecular formula is C55H40BBrF15Ir2N12O7S-3. The number of rotatable bonds is 4. The number of hydrogen-bond donors (Lipinski definition) is 4. The van der Waals surface area contributed by atoms with Gasteiger partial charge in [0.2, 0.25) is 11.4 Å². The number of nitrogens with zero attached hydrogens (tertiary/aromatic N) is 12. The van der Waals surface area contributed by atoms with E-state index < -0.39 is 76.0 Å². The molecule has 504 valence electrons. The van der Waals surface area contributed by atoms with Crippen LogP contribution in [0.3, 0.4) is 0 Å². The number of pyridine rings is 8.